The molecule has 0 aliphatic rings. The number of hydrogen-bond acceptors (Lipinski definition) is 4. The average Bonchev–Trinajstić information content (AvgIpc) is 2.26. The minimum atomic E-state index is -1.11. The summed E-state index contributed by atoms with van der Waals surface area (Å²) in [5.74, 6) is -2.66. The van der Waals surface area contributed by atoms with E-state index in [9.17, 15) is 14.4 Å². The SMILES string of the molecule is C=C(CC(=O)O)C(=O)NCCCCC(N)C(=O)O. The fraction of sp³-hybridized carbons (Fsp3) is 0.545. The number of nitrogens with two attached hydrogens (primary N) is 1. The number of carboxylic acids is 2. The zero-order valence-electron chi connectivity index (χ0n) is 10.0. The van der Waals surface area contributed by atoms with Gasteiger partial charge in [-0.3, -0.25) is 14.4 Å². The van der Waals surface area contributed by atoms with Gasteiger partial charge in [0.15, 0.2) is 0 Å². The van der Waals surface area contributed by atoms with Crippen LogP contribution in [-0.4, -0.2) is 40.6 Å². The van der Waals surface area contributed by atoms with Gasteiger partial charge in [-0.2, -0.15) is 0 Å². The predicted molar refractivity (Wildman–Crippen MR) is 63.9 cm³/mol. The molecule has 1 amide bonds. The van der Waals surface area contributed by atoms with Crippen molar-refractivity contribution in [2.24, 2.45) is 5.73 Å². The molecule has 7 heteroatoms. The van der Waals surface area contributed by atoms with E-state index >= 15 is 0 Å². The van der Waals surface area contributed by atoms with Crippen LogP contribution in [0.5, 0.6) is 0 Å². The first kappa shape index (κ1) is 16.1. The molecule has 5 N–H and O–H groups in total. The molecule has 0 spiro atoms. The number of carboxylic acid groups (broad SMARTS) is 2. The van der Waals surface area contributed by atoms with E-state index in [4.69, 9.17) is 15.9 Å². The average molecular weight is 258 g/mol. The predicted octanol–water partition coefficient (Wildman–Crippen LogP) is -0.284. The van der Waals surface area contributed by atoms with Crippen molar-refractivity contribution < 1.29 is 24.6 Å². The van der Waals surface area contributed by atoms with Crippen molar-refractivity contribution in [2.75, 3.05) is 6.54 Å². The van der Waals surface area contributed by atoms with Crippen LogP contribution in [0.25, 0.3) is 0 Å². The molecule has 0 aliphatic carbocycles. The molecule has 0 saturated heterocycles. The van der Waals surface area contributed by atoms with E-state index in [1.165, 1.54) is 0 Å². The van der Waals surface area contributed by atoms with Crippen LogP contribution < -0.4 is 11.1 Å². The van der Waals surface area contributed by atoms with E-state index in [1.54, 1.807) is 0 Å². The number of aliphatic carboxylic acids is 2. The van der Waals surface area contributed by atoms with Gasteiger partial charge in [0.2, 0.25) is 5.91 Å². The van der Waals surface area contributed by atoms with Crippen molar-refractivity contribution in [2.45, 2.75) is 31.7 Å². The van der Waals surface area contributed by atoms with Crippen molar-refractivity contribution in [3.8, 4) is 0 Å². The van der Waals surface area contributed by atoms with Crippen LogP contribution in [0.15, 0.2) is 12.2 Å². The first-order chi connectivity index (χ1) is 8.34. The van der Waals surface area contributed by atoms with Gasteiger partial charge in [0.1, 0.15) is 6.04 Å². The van der Waals surface area contributed by atoms with Crippen LogP contribution in [0, 0.1) is 0 Å². The molecule has 0 radical (unpaired) electrons. The summed E-state index contributed by atoms with van der Waals surface area (Å²) in [4.78, 5) is 32.0. The van der Waals surface area contributed by atoms with Gasteiger partial charge in [0.25, 0.3) is 0 Å². The topological polar surface area (TPSA) is 130 Å². The second-order valence-corrected chi connectivity index (χ2v) is 3.87. The number of rotatable bonds is 9. The van der Waals surface area contributed by atoms with Gasteiger partial charge in [-0.1, -0.05) is 6.58 Å². The Hall–Kier alpha value is -1.89. The molecule has 0 bridgehead atoms. The van der Waals surface area contributed by atoms with Crippen LogP contribution in [0.3, 0.4) is 0 Å². The first-order valence-electron chi connectivity index (χ1n) is 5.50. The van der Waals surface area contributed by atoms with Crippen molar-refractivity contribution in [1.82, 2.24) is 5.32 Å². The highest BCUT2D eigenvalue weighted by Crippen LogP contribution is 2.00. The monoisotopic (exact) mass is 258 g/mol. The second-order valence-electron chi connectivity index (χ2n) is 3.87. The van der Waals surface area contributed by atoms with Crippen molar-refractivity contribution in [3.63, 3.8) is 0 Å². The number of carbonyl (C=O) groups is 3. The van der Waals surface area contributed by atoms with Gasteiger partial charge < -0.3 is 21.3 Å². The van der Waals surface area contributed by atoms with Gasteiger partial charge in [-0.05, 0) is 19.3 Å². The molecule has 1 unspecified atom stereocenters. The Labute approximate surface area is 105 Å². The Morgan fingerprint density at radius 1 is 1.22 bits per heavy atom. The zero-order chi connectivity index (χ0) is 14.1. The second kappa shape index (κ2) is 8.24. The van der Waals surface area contributed by atoms with Crippen molar-refractivity contribution >= 4 is 17.8 Å². The maximum Gasteiger partial charge on any atom is 0.320 e. The summed E-state index contributed by atoms with van der Waals surface area (Å²) in [5, 5.41) is 19.5. The van der Waals surface area contributed by atoms with E-state index in [-0.39, 0.29) is 5.57 Å². The Morgan fingerprint density at radius 2 is 1.83 bits per heavy atom. The molecule has 0 rings (SSSR count). The lowest BCUT2D eigenvalue weighted by molar-refractivity contribution is -0.139. The maximum atomic E-state index is 11.3. The van der Waals surface area contributed by atoms with Gasteiger partial charge in [-0.25, -0.2) is 0 Å². The van der Waals surface area contributed by atoms with Crippen LogP contribution in [0.4, 0.5) is 0 Å². The molecule has 0 aliphatic heterocycles. The third-order valence-corrected chi connectivity index (χ3v) is 2.23. The normalized spacial score (nSPS) is 11.6. The summed E-state index contributed by atoms with van der Waals surface area (Å²) in [6.45, 7) is 3.69. The third kappa shape index (κ3) is 7.39. The van der Waals surface area contributed by atoms with Gasteiger partial charge in [0.05, 0.1) is 6.42 Å². The molecule has 102 valence electrons. The molecule has 0 aromatic heterocycles. The molecule has 0 aromatic rings. The highest BCUT2D eigenvalue weighted by atomic mass is 16.4. The molecular weight excluding hydrogens is 240 g/mol. The van der Waals surface area contributed by atoms with Crippen LogP contribution in [0.1, 0.15) is 25.7 Å². The number of amides is 1. The first-order valence-corrected chi connectivity index (χ1v) is 5.50. The minimum Gasteiger partial charge on any atom is -0.481 e. The molecule has 1 atom stereocenters. The molecule has 18 heavy (non-hydrogen) atoms. The quantitative estimate of drug-likeness (QED) is 0.332. The van der Waals surface area contributed by atoms with Gasteiger partial charge in [-0.15, -0.1) is 0 Å². The van der Waals surface area contributed by atoms with Crippen LogP contribution >= 0.6 is 0 Å². The lowest BCUT2D eigenvalue weighted by Gasteiger charge is -2.07. The highest BCUT2D eigenvalue weighted by Gasteiger charge is 2.11. The van der Waals surface area contributed by atoms with Crippen LogP contribution in [-0.2, 0) is 14.4 Å². The molecule has 0 aromatic carbocycles. The van der Waals surface area contributed by atoms with Crippen LogP contribution in [0.2, 0.25) is 0 Å². The minimum absolute atomic E-state index is 0.00950. The third-order valence-electron chi connectivity index (χ3n) is 2.23. The summed E-state index contributed by atoms with van der Waals surface area (Å²) < 4.78 is 0. The Morgan fingerprint density at radius 3 is 2.33 bits per heavy atom. The van der Waals surface area contributed by atoms with Gasteiger partial charge in [0, 0.05) is 12.1 Å². The molecule has 7 nitrogen and oxygen atoms in total. The lowest BCUT2D eigenvalue weighted by Crippen LogP contribution is -2.30. The summed E-state index contributed by atoms with van der Waals surface area (Å²) >= 11 is 0. The number of nitrogens with one attached hydrogen (secondary N) is 1. The van der Waals surface area contributed by atoms with E-state index in [0.717, 1.165) is 0 Å². The standard InChI is InChI=1S/C11H18N2O5/c1-7(6-9(14)15)10(16)13-5-3-2-4-8(12)11(17)18/h8H,1-6,12H2,(H,13,16)(H,14,15)(H,17,18). The summed E-state index contributed by atoms with van der Waals surface area (Å²) in [6.07, 6.45) is 1.09. The smallest absolute Gasteiger partial charge is 0.320 e. The summed E-state index contributed by atoms with van der Waals surface area (Å²) in [6, 6.07) is -0.886. The zero-order valence-corrected chi connectivity index (χ0v) is 10.0. The number of carbonyl (C=O) groups excluding carboxylic acids is 1. The Bertz CT molecular complexity index is 340. The maximum absolute atomic E-state index is 11.3. The summed E-state index contributed by atoms with van der Waals surface area (Å²) in [5.41, 5.74) is 5.29. The fourth-order valence-electron chi connectivity index (χ4n) is 1.20. The molecule has 0 fully saturated rings. The molecule has 0 saturated carbocycles. The molecular formula is C11H18N2O5. The van der Waals surface area contributed by atoms with Gasteiger partial charge >= 0.3 is 11.9 Å². The Kier molecular flexibility index (Phi) is 7.37. The number of hydrogen-bond donors (Lipinski definition) is 4. The van der Waals surface area contributed by atoms with E-state index in [2.05, 4.69) is 11.9 Å². The molecule has 0 heterocycles. The van der Waals surface area contributed by atoms with E-state index in [1.807, 2.05) is 0 Å². The summed E-state index contributed by atoms with van der Waals surface area (Å²) in [7, 11) is 0. The van der Waals surface area contributed by atoms with Crippen molar-refractivity contribution in [1.29, 1.82) is 0 Å². The largest absolute Gasteiger partial charge is 0.481 e. The lowest BCUT2D eigenvalue weighted by atomic mass is 10.1. The Balaban J connectivity index is 3.66. The van der Waals surface area contributed by atoms with E-state index < -0.39 is 30.3 Å². The fourth-order valence-corrected chi connectivity index (χ4v) is 1.20. The number of unbranched alkanes of at least 4 members (excludes halogenated alkanes) is 1. The van der Waals surface area contributed by atoms with Crippen molar-refractivity contribution in [3.05, 3.63) is 12.2 Å². The highest BCUT2D eigenvalue weighted by molar-refractivity contribution is 5.96. The van der Waals surface area contributed by atoms with E-state index in [0.29, 0.717) is 25.8 Å².